The molecule has 0 aliphatic heterocycles. The summed E-state index contributed by atoms with van der Waals surface area (Å²) in [6.45, 7) is 6.78. The van der Waals surface area contributed by atoms with Gasteiger partial charge in [-0.15, -0.1) is 0 Å². The molecule has 9 aromatic carbocycles. The minimum atomic E-state index is -0.0774. The summed E-state index contributed by atoms with van der Waals surface area (Å²) in [5.74, 6) is 0. The summed E-state index contributed by atoms with van der Waals surface area (Å²) < 4.78 is 14.4. The van der Waals surface area contributed by atoms with E-state index in [9.17, 15) is 0 Å². The van der Waals surface area contributed by atoms with Crippen LogP contribution in [0.5, 0.6) is 0 Å². The molecule has 0 aliphatic rings. The highest BCUT2D eigenvalue weighted by molar-refractivity contribution is 6.21. The van der Waals surface area contributed by atoms with Crippen LogP contribution >= 0.6 is 0 Å². The molecule has 1 heterocycles. The molecule has 0 fully saturated rings. The van der Waals surface area contributed by atoms with Gasteiger partial charge in [-0.05, 0) is 107 Å². The third-order valence-corrected chi connectivity index (χ3v) is 10.9. The van der Waals surface area contributed by atoms with E-state index in [2.05, 4.69) is 166 Å². The van der Waals surface area contributed by atoms with Crippen LogP contribution in [0, 0.1) is 0 Å². The van der Waals surface area contributed by atoms with E-state index in [0.29, 0.717) is 6.04 Å². The highest BCUT2D eigenvalue weighted by Gasteiger charge is 2.23. The van der Waals surface area contributed by atoms with Crippen molar-refractivity contribution >= 4 is 54.3 Å². The van der Waals surface area contributed by atoms with Crippen molar-refractivity contribution in [3.63, 3.8) is 0 Å². The summed E-state index contributed by atoms with van der Waals surface area (Å²) in [4.78, 5) is 0. The molecule has 0 saturated heterocycles. The maximum atomic E-state index is 7.98. The summed E-state index contributed by atoms with van der Waals surface area (Å²) in [7, 11) is 0. The molecule has 0 unspecified atom stereocenters. The van der Waals surface area contributed by atoms with Gasteiger partial charge >= 0.3 is 0 Å². The van der Waals surface area contributed by atoms with E-state index in [4.69, 9.17) is 5.79 Å². The summed E-state index contributed by atoms with van der Waals surface area (Å²) in [5.41, 5.74) is 12.7. The summed E-state index contributed by atoms with van der Waals surface area (Å²) in [6, 6.07) is 61.7. The third kappa shape index (κ3) is 5.23. The fraction of sp³-hybridized carbons (Fsp3) is 0.0769. The van der Waals surface area contributed by atoms with Crippen LogP contribution in [0.1, 0.15) is 27.7 Å². The zero-order chi connectivity index (χ0) is 36.6. The third-order valence-electron chi connectivity index (χ3n) is 10.9. The van der Waals surface area contributed by atoms with E-state index in [0.717, 1.165) is 27.3 Å². The van der Waals surface area contributed by atoms with Crippen LogP contribution in [0.4, 0.5) is 0 Å². The van der Waals surface area contributed by atoms with E-state index < -0.39 is 0 Å². The van der Waals surface area contributed by atoms with Crippen molar-refractivity contribution in [3.8, 4) is 44.5 Å². The SMILES string of the molecule is [2H]c1ccc2cc(-c3ccc(-c4c5ccccc5c(-c5ccc(-c6cc(C(C)(C)C)c7oc8ccccc8c7c6)cc5)c5ccccc45)cc3)ccc2c1. The highest BCUT2D eigenvalue weighted by Crippen LogP contribution is 2.45. The summed E-state index contributed by atoms with van der Waals surface area (Å²) in [6.07, 6.45) is 0. The van der Waals surface area contributed by atoms with Gasteiger partial charge in [0.05, 0.1) is 1.37 Å². The number of benzene rings is 9. The normalized spacial score (nSPS) is 12.3. The van der Waals surface area contributed by atoms with Crippen LogP contribution in [0.15, 0.2) is 180 Å². The quantitative estimate of drug-likeness (QED) is 0.169. The number of hydrogen-bond acceptors (Lipinski definition) is 1. The molecule has 0 atom stereocenters. The van der Waals surface area contributed by atoms with Crippen LogP contribution in [0.2, 0.25) is 0 Å². The van der Waals surface area contributed by atoms with E-state index in [-0.39, 0.29) is 5.41 Å². The first-order valence-electron chi connectivity index (χ1n) is 18.9. The van der Waals surface area contributed by atoms with Gasteiger partial charge in [0.15, 0.2) is 0 Å². The molecule has 0 amide bonds. The number of para-hydroxylation sites is 1. The predicted molar refractivity (Wildman–Crippen MR) is 227 cm³/mol. The molecule has 1 nitrogen and oxygen atoms in total. The molecule has 0 radical (unpaired) electrons. The first kappa shape index (κ1) is 30.2. The van der Waals surface area contributed by atoms with Crippen molar-refractivity contribution in [2.24, 2.45) is 0 Å². The van der Waals surface area contributed by atoms with E-state index in [1.807, 2.05) is 24.3 Å². The molecule has 1 aromatic heterocycles. The topological polar surface area (TPSA) is 13.1 Å². The molecule has 53 heavy (non-hydrogen) atoms. The maximum absolute atomic E-state index is 7.98. The second-order valence-corrected chi connectivity index (χ2v) is 15.2. The van der Waals surface area contributed by atoms with Gasteiger partial charge in [-0.2, -0.15) is 0 Å². The Morgan fingerprint density at radius 1 is 0.396 bits per heavy atom. The van der Waals surface area contributed by atoms with Crippen molar-refractivity contribution < 1.29 is 5.79 Å². The zero-order valence-corrected chi connectivity index (χ0v) is 30.1. The fourth-order valence-corrected chi connectivity index (χ4v) is 8.27. The first-order valence-corrected chi connectivity index (χ1v) is 18.4. The average Bonchev–Trinajstić information content (AvgIpc) is 3.58. The Morgan fingerprint density at radius 3 is 1.49 bits per heavy atom. The molecular weight excluding hydrogens is 641 g/mol. The highest BCUT2D eigenvalue weighted by atomic mass is 16.3. The van der Waals surface area contributed by atoms with Gasteiger partial charge < -0.3 is 4.42 Å². The Bertz CT molecular complexity index is 3010. The van der Waals surface area contributed by atoms with Gasteiger partial charge in [0, 0.05) is 16.3 Å². The molecule has 0 spiro atoms. The van der Waals surface area contributed by atoms with E-state index >= 15 is 0 Å². The van der Waals surface area contributed by atoms with Crippen LogP contribution < -0.4 is 0 Å². The molecule has 0 aliphatic carbocycles. The minimum Gasteiger partial charge on any atom is -0.456 e. The molecule has 10 aromatic rings. The Kier molecular flexibility index (Phi) is 6.88. The fourth-order valence-electron chi connectivity index (χ4n) is 8.27. The van der Waals surface area contributed by atoms with Crippen LogP contribution in [-0.2, 0) is 5.41 Å². The van der Waals surface area contributed by atoms with Gasteiger partial charge in [0.1, 0.15) is 11.2 Å². The molecule has 0 bridgehead atoms. The monoisotopic (exact) mass is 679 g/mol. The average molecular weight is 680 g/mol. The van der Waals surface area contributed by atoms with Gasteiger partial charge in [0.25, 0.3) is 0 Å². The lowest BCUT2D eigenvalue weighted by Gasteiger charge is -2.21. The Labute approximate surface area is 311 Å². The first-order chi connectivity index (χ1) is 26.3. The van der Waals surface area contributed by atoms with Crippen molar-refractivity contribution in [2.75, 3.05) is 0 Å². The number of fused-ring (bicyclic) bond motifs is 6. The lowest BCUT2D eigenvalue weighted by Crippen LogP contribution is -2.11. The summed E-state index contributed by atoms with van der Waals surface area (Å²) >= 11 is 0. The number of furan rings is 1. The van der Waals surface area contributed by atoms with Gasteiger partial charge in [-0.1, -0.05) is 172 Å². The number of hydrogen-bond donors (Lipinski definition) is 0. The molecular formula is C52H38O. The van der Waals surface area contributed by atoms with E-state index in [1.54, 1.807) is 0 Å². The minimum absolute atomic E-state index is 0.0774. The maximum Gasteiger partial charge on any atom is 0.139 e. The van der Waals surface area contributed by atoms with Crippen molar-refractivity contribution in [3.05, 3.63) is 181 Å². The Morgan fingerprint density at radius 2 is 0.906 bits per heavy atom. The van der Waals surface area contributed by atoms with Crippen molar-refractivity contribution in [2.45, 2.75) is 26.2 Å². The molecule has 0 N–H and O–H groups in total. The van der Waals surface area contributed by atoms with Crippen molar-refractivity contribution in [1.82, 2.24) is 0 Å². The summed E-state index contributed by atoms with van der Waals surface area (Å²) in [5, 5.41) is 9.53. The standard InChI is InChI=1S/C52H38O/c1-52(2,3)47-32-40(31-46-41-14-10-11-19-48(41)53-51(46)47)35-22-27-37(28-23-35)50-44-17-8-6-15-42(44)49(43-16-7-9-18-45(43)50)36-25-20-34(21-26-36)39-29-24-33-12-4-5-13-38(33)30-39/h4-32H,1-3H3/i4D. The molecule has 10 rings (SSSR count). The second kappa shape index (κ2) is 12.1. The van der Waals surface area contributed by atoms with Gasteiger partial charge in [0.2, 0.25) is 0 Å². The zero-order valence-electron chi connectivity index (χ0n) is 31.1. The smallest absolute Gasteiger partial charge is 0.139 e. The molecule has 0 saturated carbocycles. The van der Waals surface area contributed by atoms with Gasteiger partial charge in [-0.25, -0.2) is 0 Å². The largest absolute Gasteiger partial charge is 0.456 e. The molecule has 1 heteroatoms. The Hall–Kier alpha value is -6.44. The van der Waals surface area contributed by atoms with Crippen LogP contribution in [0.3, 0.4) is 0 Å². The van der Waals surface area contributed by atoms with Crippen molar-refractivity contribution in [1.29, 1.82) is 0 Å². The van der Waals surface area contributed by atoms with Crippen LogP contribution in [0.25, 0.3) is 98.8 Å². The second-order valence-electron chi connectivity index (χ2n) is 15.2. The molecule has 252 valence electrons. The predicted octanol–water partition coefficient (Wildman–Crippen LogP) is 15.0. The van der Waals surface area contributed by atoms with Crippen LogP contribution in [-0.4, -0.2) is 0 Å². The number of rotatable bonds is 4. The lowest BCUT2D eigenvalue weighted by molar-refractivity contribution is 0.573. The Balaban J connectivity index is 1.08. The lowest BCUT2D eigenvalue weighted by atomic mass is 9.83. The van der Waals surface area contributed by atoms with Gasteiger partial charge in [-0.3, -0.25) is 0 Å². The van der Waals surface area contributed by atoms with E-state index in [1.165, 1.54) is 77.0 Å².